The number of rotatable bonds is 5. The Morgan fingerprint density at radius 2 is 2.06 bits per heavy atom. The molecule has 0 atom stereocenters. The minimum Gasteiger partial charge on any atom is -0.454 e. The molecule has 94 valence electrons. The van der Waals surface area contributed by atoms with Crippen molar-refractivity contribution in [3.8, 4) is 11.5 Å². The van der Waals surface area contributed by atoms with Gasteiger partial charge >= 0.3 is 0 Å². The summed E-state index contributed by atoms with van der Waals surface area (Å²) in [5.74, 6) is 1.25. The molecule has 0 fully saturated rings. The van der Waals surface area contributed by atoms with Gasteiger partial charge in [-0.05, 0) is 17.7 Å². The Morgan fingerprint density at radius 3 is 2.82 bits per heavy atom. The monoisotopic (exact) mass is 258 g/mol. The number of benzene rings is 1. The Balaban J connectivity index is 2.00. The van der Waals surface area contributed by atoms with Crippen LogP contribution < -0.4 is 19.9 Å². The molecule has 1 aromatic rings. The first-order valence-corrected chi connectivity index (χ1v) is 6.82. The third kappa shape index (κ3) is 3.09. The summed E-state index contributed by atoms with van der Waals surface area (Å²) < 4.78 is 35.6. The first-order chi connectivity index (χ1) is 8.11. The van der Waals surface area contributed by atoms with Gasteiger partial charge in [0, 0.05) is 13.1 Å². The predicted molar refractivity (Wildman–Crippen MR) is 62.2 cm³/mol. The van der Waals surface area contributed by atoms with Crippen molar-refractivity contribution in [3.63, 3.8) is 0 Å². The summed E-state index contributed by atoms with van der Waals surface area (Å²) in [5, 5.41) is 0. The number of nitrogens with two attached hydrogens (primary N) is 1. The van der Waals surface area contributed by atoms with E-state index in [1.54, 1.807) is 18.2 Å². The molecule has 17 heavy (non-hydrogen) atoms. The number of ether oxygens (including phenoxy) is 2. The zero-order valence-electron chi connectivity index (χ0n) is 9.18. The summed E-state index contributed by atoms with van der Waals surface area (Å²) >= 11 is 0. The maximum absolute atomic E-state index is 11.4. The minimum atomic E-state index is -3.29. The third-order valence-electron chi connectivity index (χ3n) is 2.32. The van der Waals surface area contributed by atoms with Gasteiger partial charge in [0.1, 0.15) is 0 Å². The van der Waals surface area contributed by atoms with Gasteiger partial charge < -0.3 is 15.2 Å². The average molecular weight is 258 g/mol. The first-order valence-electron chi connectivity index (χ1n) is 5.17. The van der Waals surface area contributed by atoms with E-state index in [2.05, 4.69) is 4.72 Å². The van der Waals surface area contributed by atoms with Crippen molar-refractivity contribution in [2.75, 3.05) is 19.1 Å². The lowest BCUT2D eigenvalue weighted by Gasteiger charge is -2.06. The molecule has 0 aliphatic carbocycles. The van der Waals surface area contributed by atoms with Crippen molar-refractivity contribution >= 4 is 10.0 Å². The van der Waals surface area contributed by atoms with E-state index < -0.39 is 10.0 Å². The average Bonchev–Trinajstić information content (AvgIpc) is 2.73. The van der Waals surface area contributed by atoms with Gasteiger partial charge in [0.2, 0.25) is 16.8 Å². The van der Waals surface area contributed by atoms with Crippen LogP contribution in [0.3, 0.4) is 0 Å². The number of nitrogens with one attached hydrogen (secondary N) is 1. The highest BCUT2D eigenvalue weighted by atomic mass is 32.2. The zero-order chi connectivity index (χ0) is 12.3. The zero-order valence-corrected chi connectivity index (χ0v) is 10.00. The van der Waals surface area contributed by atoms with Crippen LogP contribution in [0.15, 0.2) is 18.2 Å². The Morgan fingerprint density at radius 1 is 1.29 bits per heavy atom. The number of fused-ring (bicyclic) bond motifs is 1. The Bertz CT molecular complexity index is 501. The Kier molecular flexibility index (Phi) is 3.51. The normalized spacial score (nSPS) is 13.9. The molecule has 0 amide bonds. The molecule has 0 saturated carbocycles. The first kappa shape index (κ1) is 12.2. The molecule has 0 bridgehead atoms. The standard InChI is InChI=1S/C10H14N2O4S/c11-3-4-17(13,14)12-6-8-1-2-9-10(5-8)16-7-15-9/h1-2,5,12H,3-4,6-7,11H2. The maximum Gasteiger partial charge on any atom is 0.231 e. The summed E-state index contributed by atoms with van der Waals surface area (Å²) in [5.41, 5.74) is 6.02. The molecule has 3 N–H and O–H groups in total. The van der Waals surface area contributed by atoms with E-state index in [9.17, 15) is 8.42 Å². The number of hydrogen-bond donors (Lipinski definition) is 2. The molecule has 0 radical (unpaired) electrons. The molecule has 0 spiro atoms. The topological polar surface area (TPSA) is 90.7 Å². The van der Waals surface area contributed by atoms with Gasteiger partial charge in [0.05, 0.1) is 5.75 Å². The largest absolute Gasteiger partial charge is 0.454 e. The fourth-order valence-corrected chi connectivity index (χ4v) is 2.31. The van der Waals surface area contributed by atoms with Gasteiger partial charge in [0.15, 0.2) is 11.5 Å². The molecule has 2 rings (SSSR count). The summed E-state index contributed by atoms with van der Waals surface area (Å²) in [4.78, 5) is 0. The molecule has 0 aromatic heterocycles. The van der Waals surface area contributed by atoms with Gasteiger partial charge in [0.25, 0.3) is 0 Å². The van der Waals surface area contributed by atoms with Gasteiger partial charge in [-0.3, -0.25) is 0 Å². The van der Waals surface area contributed by atoms with Crippen LogP contribution in [-0.4, -0.2) is 27.5 Å². The lowest BCUT2D eigenvalue weighted by Crippen LogP contribution is -2.29. The van der Waals surface area contributed by atoms with Gasteiger partial charge in [-0.2, -0.15) is 0 Å². The van der Waals surface area contributed by atoms with Crippen LogP contribution >= 0.6 is 0 Å². The molecule has 1 aromatic carbocycles. The van der Waals surface area contributed by atoms with Gasteiger partial charge in [-0.25, -0.2) is 13.1 Å². The second kappa shape index (κ2) is 4.91. The van der Waals surface area contributed by atoms with Crippen LogP contribution in [0.4, 0.5) is 0 Å². The number of sulfonamides is 1. The molecule has 0 saturated heterocycles. The second-order valence-corrected chi connectivity index (χ2v) is 5.54. The van der Waals surface area contributed by atoms with E-state index in [1.165, 1.54) is 0 Å². The van der Waals surface area contributed by atoms with Gasteiger partial charge in [-0.1, -0.05) is 6.07 Å². The van der Waals surface area contributed by atoms with E-state index in [4.69, 9.17) is 15.2 Å². The van der Waals surface area contributed by atoms with E-state index in [0.29, 0.717) is 11.5 Å². The van der Waals surface area contributed by atoms with Crippen molar-refractivity contribution in [2.24, 2.45) is 5.73 Å². The van der Waals surface area contributed by atoms with E-state index in [-0.39, 0.29) is 25.6 Å². The van der Waals surface area contributed by atoms with Crippen molar-refractivity contribution in [2.45, 2.75) is 6.54 Å². The maximum atomic E-state index is 11.4. The predicted octanol–water partition coefficient (Wildman–Crippen LogP) is -0.207. The van der Waals surface area contributed by atoms with Crippen molar-refractivity contribution in [1.82, 2.24) is 4.72 Å². The number of hydrogen-bond acceptors (Lipinski definition) is 5. The molecule has 0 unspecified atom stereocenters. The van der Waals surface area contributed by atoms with E-state index in [0.717, 1.165) is 5.56 Å². The minimum absolute atomic E-state index is 0.0719. The molecule has 1 heterocycles. The molecule has 6 nitrogen and oxygen atoms in total. The summed E-state index contributed by atoms with van der Waals surface area (Å²) in [6.07, 6.45) is 0. The van der Waals surface area contributed by atoms with Crippen LogP contribution in [0, 0.1) is 0 Å². The van der Waals surface area contributed by atoms with E-state index >= 15 is 0 Å². The van der Waals surface area contributed by atoms with Crippen LogP contribution in [0.5, 0.6) is 11.5 Å². The summed E-state index contributed by atoms with van der Waals surface area (Å²) in [6.45, 7) is 0.535. The second-order valence-electron chi connectivity index (χ2n) is 3.62. The summed E-state index contributed by atoms with van der Waals surface area (Å²) in [6, 6.07) is 5.31. The van der Waals surface area contributed by atoms with E-state index in [1.807, 2.05) is 0 Å². The molecule has 1 aliphatic heterocycles. The van der Waals surface area contributed by atoms with Crippen molar-refractivity contribution in [1.29, 1.82) is 0 Å². The quantitative estimate of drug-likeness (QED) is 0.763. The Labute approximate surface area is 99.8 Å². The van der Waals surface area contributed by atoms with Crippen LogP contribution in [-0.2, 0) is 16.6 Å². The van der Waals surface area contributed by atoms with Crippen LogP contribution in [0.2, 0.25) is 0 Å². The fourth-order valence-electron chi connectivity index (χ4n) is 1.47. The van der Waals surface area contributed by atoms with Crippen LogP contribution in [0.1, 0.15) is 5.56 Å². The molecular weight excluding hydrogens is 244 g/mol. The Hall–Kier alpha value is -1.31. The SMILES string of the molecule is NCCS(=O)(=O)NCc1ccc2c(c1)OCO2. The molecule has 1 aliphatic rings. The van der Waals surface area contributed by atoms with Crippen LogP contribution in [0.25, 0.3) is 0 Å². The third-order valence-corrected chi connectivity index (χ3v) is 3.68. The molecule has 7 heteroatoms. The molecular formula is C10H14N2O4S. The summed E-state index contributed by atoms with van der Waals surface area (Å²) in [7, 11) is -3.29. The van der Waals surface area contributed by atoms with Crippen molar-refractivity contribution in [3.05, 3.63) is 23.8 Å². The lowest BCUT2D eigenvalue weighted by molar-refractivity contribution is 0.174. The van der Waals surface area contributed by atoms with Crippen molar-refractivity contribution < 1.29 is 17.9 Å². The smallest absolute Gasteiger partial charge is 0.231 e. The highest BCUT2D eigenvalue weighted by molar-refractivity contribution is 7.89. The highest BCUT2D eigenvalue weighted by Gasteiger charge is 2.14. The highest BCUT2D eigenvalue weighted by Crippen LogP contribution is 2.32. The lowest BCUT2D eigenvalue weighted by atomic mass is 10.2. The fraction of sp³-hybridized carbons (Fsp3) is 0.400. The van der Waals surface area contributed by atoms with Gasteiger partial charge in [-0.15, -0.1) is 0 Å².